The number of aromatic carboxylic acids is 2. The highest BCUT2D eigenvalue weighted by molar-refractivity contribution is 14.1. The average molecular weight is 2400 g/mol. The number of nitrogens with zero attached hydrogens (tertiary/aromatic N) is 9. The lowest BCUT2D eigenvalue weighted by atomic mass is 10.0. The maximum atomic E-state index is 12.1. The van der Waals surface area contributed by atoms with Crippen molar-refractivity contribution in [2.75, 3.05) is 110 Å². The lowest BCUT2D eigenvalue weighted by Gasteiger charge is -2.33. The van der Waals surface area contributed by atoms with Gasteiger partial charge < -0.3 is 74.4 Å². The number of amides is 2. The molecule has 6 N–H and O–H groups in total. The molecule has 0 atom stereocenters. The minimum Gasteiger partial charge on any atom is -0.478 e. The molecule has 19 rings (SSSR count). The first-order valence-corrected chi connectivity index (χ1v) is 51.6. The van der Waals surface area contributed by atoms with Gasteiger partial charge in [0, 0.05) is 98.7 Å². The van der Waals surface area contributed by atoms with Crippen molar-refractivity contribution >= 4 is 196 Å². The Balaban J connectivity index is 0.000000192. The number of hydrogen-bond acceptors (Lipinski definition) is 25. The van der Waals surface area contributed by atoms with Crippen LogP contribution < -0.4 is 31.1 Å². The number of carbonyl (C=O) groups is 8. The lowest BCUT2D eigenvalue weighted by molar-refractivity contribution is 0.0485. The van der Waals surface area contributed by atoms with Gasteiger partial charge >= 0.3 is 48.0 Å². The molecule has 7 heterocycles. The van der Waals surface area contributed by atoms with E-state index in [4.69, 9.17) is 87.1 Å². The van der Waals surface area contributed by atoms with Crippen molar-refractivity contribution in [2.24, 2.45) is 5.73 Å². The number of aromatic nitrogens is 6. The summed E-state index contributed by atoms with van der Waals surface area (Å²) < 4.78 is 68.5. The third-order valence-electron chi connectivity index (χ3n) is 23.7. The van der Waals surface area contributed by atoms with Crippen LogP contribution in [0.2, 0.25) is 0 Å². The standard InChI is InChI=1S/C25H30N4O4.C20H22N4O2.C15H24N4O2.2C11H9IO2.C10H7IO2.C10H8O2.C4H8O.CHCl3.2CH3F/c1-25(2,3)33-24(31)27-18-9-11-29(12-10-18)22-15-26-14-21(28-22)19-8-7-16-5-6-17(13-20(16)19)23(30)32-4;1-26-20(25)14-3-2-13-4-5-16(17(13)10-14)18-11-22-12-19(23-18)24-8-6-15(21)7-9-24;1-11-9-16-10-13(17-11)19-7-5-12(6-8-19)18-14(20)21-15(2,3)4;2*1-14-11(13)8-3-2-7-4-5-10(12)9(7)6-8;11-9-4-3-6-1-2-7(10(12)13)5-8(6)9;11-10(12)9-5-4-7-2-1-3-8(7)6-9;1-2-4-5-3-1;2-1(3)4;2*1-2/h5-6,8,13-15,18H,7,9-12H2,1-4H3,(H,27,31);2-3,5,10-12,15H,4,6-9,21H2,1H3;9-10,12H,5-8H2,1-4H3,(H,18,20);2*2-3,5-6H,4H2,1H3;1-2,4-5H,3H2,(H,12,13);1,3-6H,2H2,(H,11,12);1-4H2;1H;2*1H3/i;;;;;;;;;2*1D. The van der Waals surface area contributed by atoms with Crippen LogP contribution in [0.25, 0.3) is 28.0 Å². The molecule has 0 saturated carbocycles. The van der Waals surface area contributed by atoms with E-state index in [1.165, 1.54) is 76.3 Å². The molecule has 2 amide bonds. The van der Waals surface area contributed by atoms with Gasteiger partial charge in [-0.2, -0.15) is 0 Å². The number of carboxylic acid groups (broad SMARTS) is 2. The van der Waals surface area contributed by atoms with E-state index in [-0.39, 0.29) is 54.2 Å². The zero-order valence-electron chi connectivity index (χ0n) is 85.3. The Morgan fingerprint density at radius 3 is 1.08 bits per heavy atom. The molecule has 778 valence electrons. The number of carboxylic acids is 2. The molecule has 9 aromatic rings. The fraction of sp³-hybridized carbons (Fsp3) is 0.376. The van der Waals surface area contributed by atoms with E-state index in [9.17, 15) is 47.1 Å². The minimum absolute atomic E-state index is 0.0772. The zero-order valence-corrected chi connectivity index (χ0v) is 92.1. The molecule has 10 aliphatic rings. The molecule has 6 aromatic carbocycles. The highest BCUT2D eigenvalue weighted by Crippen LogP contribution is 2.39. The van der Waals surface area contributed by atoms with Crippen molar-refractivity contribution in [1.29, 1.82) is 0 Å². The fourth-order valence-corrected chi connectivity index (χ4v) is 18.6. The molecule has 3 aromatic heterocycles. The fourth-order valence-electron chi connectivity index (χ4n) is 16.5. The number of carbonyl (C=O) groups excluding carboxylic acids is 6. The highest BCUT2D eigenvalue weighted by atomic mass is 127. The molecule has 4 aliphatic heterocycles. The average Bonchev–Trinajstić information content (AvgIpc) is 1.64. The van der Waals surface area contributed by atoms with Crippen LogP contribution >= 0.6 is 103 Å². The number of piperidine rings is 3. The van der Waals surface area contributed by atoms with Crippen molar-refractivity contribution in [3.8, 4) is 0 Å². The SMILES string of the molecule is C1CCOC1.COC(=O)c1ccc2c(c1)C(I)=CC2.COC(=O)c1ccc2c(c1)C(I)=CC2.COC(=O)c1ccc2c(c1)C(c1cncc(N3CCC(N)CC3)n1)=CC2.COC(=O)c1ccc2c(c1)C(c1cncc(N3CCC(NC(=O)OC(C)(C)C)CC3)n1)=CC2.Cc1cncc(N2CCC(NC(=O)OC(C)(C)C)CC2)n1.ClC(Cl)Cl.O=C(O)c1ccc2c(c1)C(I)=CC2.O=C(O)c1ccc2c(c1)C=CC2.[2H]CF.[2H]CF. The molecule has 4 fully saturated rings. The van der Waals surface area contributed by atoms with Gasteiger partial charge in [0.2, 0.25) is 0 Å². The molecule has 29 nitrogen and oxygen atoms in total. The smallest absolute Gasteiger partial charge is 0.407 e. The van der Waals surface area contributed by atoms with E-state index in [1.807, 2.05) is 140 Å². The first-order chi connectivity index (χ1) is 70.7. The van der Waals surface area contributed by atoms with Gasteiger partial charge in [0.25, 0.3) is 0 Å². The number of esters is 4. The second-order valence-electron chi connectivity index (χ2n) is 36.1. The van der Waals surface area contributed by atoms with Crippen LogP contribution in [-0.2, 0) is 71.7 Å². The van der Waals surface area contributed by atoms with Gasteiger partial charge in [-0.15, -0.1) is 0 Å². The van der Waals surface area contributed by atoms with E-state index >= 15 is 0 Å². The van der Waals surface area contributed by atoms with Crippen molar-refractivity contribution in [1.82, 2.24) is 40.5 Å². The maximum Gasteiger partial charge on any atom is 0.407 e. The summed E-state index contributed by atoms with van der Waals surface area (Å²) in [4.78, 5) is 125. The second-order valence-corrected chi connectivity index (χ2v) is 41.6. The number of alkyl carbamates (subject to hydrolysis) is 2. The molecular weight excluding hydrogens is 2270 g/mol. The van der Waals surface area contributed by atoms with Crippen molar-refractivity contribution in [2.45, 2.75) is 172 Å². The number of rotatable bonds is 13. The van der Waals surface area contributed by atoms with E-state index in [0.29, 0.717) is 33.4 Å². The van der Waals surface area contributed by atoms with E-state index in [2.05, 4.69) is 153 Å². The Morgan fingerprint density at radius 1 is 0.445 bits per heavy atom. The van der Waals surface area contributed by atoms with Crippen LogP contribution in [0.15, 0.2) is 183 Å². The van der Waals surface area contributed by atoms with Gasteiger partial charge in [0.15, 0.2) is 4.30 Å². The third kappa shape index (κ3) is 36.0. The van der Waals surface area contributed by atoms with Crippen LogP contribution in [-0.4, -0.2) is 217 Å². The molecular formula is C109H124Cl3F2I3N12O17. The Bertz CT molecular complexity index is 6210. The minimum atomic E-state index is -1.00. The molecule has 146 heavy (non-hydrogen) atoms. The van der Waals surface area contributed by atoms with E-state index in [1.54, 1.807) is 67.4 Å². The van der Waals surface area contributed by atoms with Gasteiger partial charge in [-0.05, 0) is 346 Å². The van der Waals surface area contributed by atoms with Crippen LogP contribution in [0.5, 0.6) is 0 Å². The monoisotopic (exact) mass is 2400 g/mol. The highest BCUT2D eigenvalue weighted by Gasteiger charge is 2.31. The first-order valence-electron chi connectivity index (χ1n) is 48.5. The van der Waals surface area contributed by atoms with Gasteiger partial charge in [-0.1, -0.05) is 114 Å². The summed E-state index contributed by atoms with van der Waals surface area (Å²) in [5.41, 5.74) is 26.4. The van der Waals surface area contributed by atoms with Gasteiger partial charge in [0.1, 0.15) is 28.7 Å². The second kappa shape index (κ2) is 58.4. The molecule has 37 heteroatoms. The number of halogens is 8. The number of nitrogens with two attached hydrogens (primary N) is 1. The largest absolute Gasteiger partial charge is 0.478 e. The Kier molecular flexibility index (Phi) is 45.9. The predicted octanol–water partition coefficient (Wildman–Crippen LogP) is 22.4. The molecule has 0 spiro atoms. The van der Waals surface area contributed by atoms with Gasteiger partial charge in [-0.3, -0.25) is 23.7 Å². The molecule has 4 saturated heterocycles. The lowest BCUT2D eigenvalue weighted by Crippen LogP contribution is -2.46. The normalized spacial score (nSPS) is 15.3. The Morgan fingerprint density at radius 2 is 0.747 bits per heavy atom. The summed E-state index contributed by atoms with van der Waals surface area (Å²) in [6.45, 7) is 20.2. The summed E-state index contributed by atoms with van der Waals surface area (Å²) in [5, 5.41) is 23.4. The quantitative estimate of drug-likeness (QED) is 0.0310. The molecule has 0 radical (unpaired) electrons. The maximum absolute atomic E-state index is 12.1. The number of anilines is 3. The Labute approximate surface area is 910 Å². The summed E-state index contributed by atoms with van der Waals surface area (Å²) in [6.07, 6.45) is 37.9. The number of methoxy groups -OCH3 is 4. The summed E-state index contributed by atoms with van der Waals surface area (Å²) >= 11 is 21.2. The van der Waals surface area contributed by atoms with Crippen molar-refractivity contribution in [3.05, 3.63) is 300 Å². The van der Waals surface area contributed by atoms with Crippen LogP contribution in [0.4, 0.5) is 35.8 Å². The number of fused-ring (bicyclic) bond motifs is 6. The van der Waals surface area contributed by atoms with Crippen LogP contribution in [0, 0.1) is 6.92 Å². The molecule has 0 unspecified atom stereocenters. The number of nitrogens with one attached hydrogen (secondary N) is 2. The van der Waals surface area contributed by atoms with Gasteiger partial charge in [-0.25, -0.2) is 53.3 Å². The number of aryl methyl sites for hydroxylation is 1. The first kappa shape index (κ1) is 115. The predicted molar refractivity (Wildman–Crippen MR) is 594 cm³/mol. The number of ether oxygens (including phenoxy) is 7. The van der Waals surface area contributed by atoms with E-state index in [0.717, 1.165) is 218 Å². The van der Waals surface area contributed by atoms with Crippen molar-refractivity contribution < 1.29 is 93.2 Å². The van der Waals surface area contributed by atoms with E-state index < -0.39 is 41.7 Å². The number of benzene rings is 6. The Hall–Kier alpha value is -11.4. The summed E-state index contributed by atoms with van der Waals surface area (Å²) in [5.74, 6) is -0.361. The topological polar surface area (TPSA) is 379 Å². The molecule has 0 bridgehead atoms. The number of hydrogen-bond donors (Lipinski definition) is 5. The number of allylic oxidation sites excluding steroid dienone is 6. The van der Waals surface area contributed by atoms with Crippen LogP contribution in [0.3, 0.4) is 0 Å². The molecule has 6 aliphatic carbocycles. The number of alkyl halides is 5. The summed E-state index contributed by atoms with van der Waals surface area (Å²) in [7, 11) is 3.58. The van der Waals surface area contributed by atoms with Crippen molar-refractivity contribution in [3.63, 3.8) is 0 Å². The summed E-state index contributed by atoms with van der Waals surface area (Å²) in [6, 6.07) is 33.7. The van der Waals surface area contributed by atoms with Gasteiger partial charge in [0.05, 0.1) is 127 Å². The third-order valence-corrected chi connectivity index (χ3v) is 26.8. The van der Waals surface area contributed by atoms with Crippen LogP contribution in [0.1, 0.15) is 242 Å². The zero-order chi connectivity index (χ0) is 108.